The minimum atomic E-state index is -0.401. The number of anilines is 1. The van der Waals surface area contributed by atoms with Crippen LogP contribution in [0.4, 0.5) is 5.82 Å². The highest BCUT2D eigenvalue weighted by Crippen LogP contribution is 1.99. The quantitative estimate of drug-likeness (QED) is 0.624. The van der Waals surface area contributed by atoms with Gasteiger partial charge < -0.3 is 16.0 Å². The number of carbonyl (C=O) groups excluding carboxylic acids is 2. The van der Waals surface area contributed by atoms with Crippen molar-refractivity contribution >= 4 is 17.6 Å². The van der Waals surface area contributed by atoms with Gasteiger partial charge in [-0.3, -0.25) is 14.7 Å². The number of carbonyl (C=O) groups is 2. The summed E-state index contributed by atoms with van der Waals surface area (Å²) in [5, 5.41) is 8.54. The lowest BCUT2D eigenvalue weighted by molar-refractivity contribution is -0.128. The van der Waals surface area contributed by atoms with E-state index in [2.05, 4.69) is 15.5 Å². The maximum Gasteiger partial charge on any atom is 0.269 e. The average molecular weight is 225 g/mol. The first-order chi connectivity index (χ1) is 7.54. The van der Waals surface area contributed by atoms with Gasteiger partial charge in [-0.2, -0.15) is 5.10 Å². The van der Waals surface area contributed by atoms with Gasteiger partial charge in [0.15, 0.2) is 0 Å². The molecule has 0 radical (unpaired) electrons. The van der Waals surface area contributed by atoms with Crippen molar-refractivity contribution in [1.82, 2.24) is 20.4 Å². The van der Waals surface area contributed by atoms with Crippen LogP contribution in [0.2, 0.25) is 0 Å². The van der Waals surface area contributed by atoms with E-state index in [0.29, 0.717) is 6.54 Å². The van der Waals surface area contributed by atoms with Crippen molar-refractivity contribution in [3.05, 3.63) is 11.8 Å². The van der Waals surface area contributed by atoms with Gasteiger partial charge in [0.05, 0.1) is 6.54 Å². The van der Waals surface area contributed by atoms with E-state index in [-0.39, 0.29) is 24.0 Å². The molecule has 16 heavy (non-hydrogen) atoms. The third-order valence-electron chi connectivity index (χ3n) is 2.14. The number of aromatic nitrogens is 2. The normalized spacial score (nSPS) is 9.88. The van der Waals surface area contributed by atoms with E-state index in [0.717, 1.165) is 0 Å². The molecule has 0 atom stereocenters. The van der Waals surface area contributed by atoms with Crippen molar-refractivity contribution in [3.8, 4) is 0 Å². The molecule has 0 spiro atoms. The number of nitrogens with two attached hydrogens (primary N) is 1. The smallest absolute Gasteiger partial charge is 0.269 e. The number of H-pyrrole nitrogens is 1. The zero-order chi connectivity index (χ0) is 12.1. The van der Waals surface area contributed by atoms with Crippen LogP contribution in [0.5, 0.6) is 0 Å². The minimum Gasteiger partial charge on any atom is -0.382 e. The Hall–Kier alpha value is -2.05. The molecule has 2 amide bonds. The number of nitrogens with one attached hydrogen (secondary N) is 2. The van der Waals surface area contributed by atoms with Crippen LogP contribution in [0.1, 0.15) is 17.4 Å². The second kappa shape index (κ2) is 5.15. The fourth-order valence-corrected chi connectivity index (χ4v) is 1.02. The van der Waals surface area contributed by atoms with Crippen LogP contribution in [0.3, 0.4) is 0 Å². The predicted molar refractivity (Wildman–Crippen MR) is 58.6 cm³/mol. The van der Waals surface area contributed by atoms with E-state index < -0.39 is 5.91 Å². The van der Waals surface area contributed by atoms with Crippen LogP contribution in [-0.2, 0) is 4.79 Å². The summed E-state index contributed by atoms with van der Waals surface area (Å²) in [5.74, 6) is -0.312. The highest BCUT2D eigenvalue weighted by molar-refractivity contribution is 5.95. The summed E-state index contributed by atoms with van der Waals surface area (Å²) in [7, 11) is 1.67. The van der Waals surface area contributed by atoms with Crippen molar-refractivity contribution in [3.63, 3.8) is 0 Å². The molecule has 1 aromatic heterocycles. The Morgan fingerprint density at radius 1 is 1.62 bits per heavy atom. The van der Waals surface area contributed by atoms with E-state index in [1.807, 2.05) is 6.92 Å². The van der Waals surface area contributed by atoms with Crippen molar-refractivity contribution in [2.45, 2.75) is 6.92 Å². The maximum absolute atomic E-state index is 11.5. The summed E-state index contributed by atoms with van der Waals surface area (Å²) in [5.41, 5.74) is 5.58. The van der Waals surface area contributed by atoms with Crippen molar-refractivity contribution < 1.29 is 9.59 Å². The third-order valence-corrected chi connectivity index (χ3v) is 2.14. The standard InChI is InChI=1S/C9H15N5O2/c1-3-14(2)8(15)5-11-9(16)6-4-7(10)13-12-6/h4H,3,5H2,1-2H3,(H,11,16)(H3,10,12,13). The Bertz CT molecular complexity index is 387. The number of aromatic amines is 1. The highest BCUT2D eigenvalue weighted by Gasteiger charge is 2.11. The highest BCUT2D eigenvalue weighted by atomic mass is 16.2. The van der Waals surface area contributed by atoms with Gasteiger partial charge in [-0.25, -0.2) is 0 Å². The molecular formula is C9H15N5O2. The molecule has 0 aliphatic rings. The minimum absolute atomic E-state index is 0.0396. The second-order valence-electron chi connectivity index (χ2n) is 3.30. The summed E-state index contributed by atoms with van der Waals surface area (Å²) in [6, 6.07) is 1.41. The molecule has 0 fully saturated rings. The number of hydrogen-bond acceptors (Lipinski definition) is 4. The van der Waals surface area contributed by atoms with Gasteiger partial charge >= 0.3 is 0 Å². The molecule has 1 heterocycles. The first-order valence-electron chi connectivity index (χ1n) is 4.87. The lowest BCUT2D eigenvalue weighted by atomic mass is 10.4. The average Bonchev–Trinajstić information content (AvgIpc) is 2.71. The molecule has 0 saturated carbocycles. The molecule has 0 bridgehead atoms. The first kappa shape index (κ1) is 12.0. The molecule has 4 N–H and O–H groups in total. The predicted octanol–water partition coefficient (Wildman–Crippen LogP) is -0.800. The Kier molecular flexibility index (Phi) is 3.87. The molecular weight excluding hydrogens is 210 g/mol. The van der Waals surface area contributed by atoms with Gasteiger partial charge in [0.25, 0.3) is 5.91 Å². The maximum atomic E-state index is 11.5. The summed E-state index contributed by atoms with van der Waals surface area (Å²) >= 11 is 0. The second-order valence-corrected chi connectivity index (χ2v) is 3.30. The van der Waals surface area contributed by atoms with Crippen molar-refractivity contribution in [2.24, 2.45) is 0 Å². The number of nitrogens with zero attached hydrogens (tertiary/aromatic N) is 2. The van der Waals surface area contributed by atoms with Crippen LogP contribution in [0, 0.1) is 0 Å². The van der Waals surface area contributed by atoms with Gasteiger partial charge in [0.2, 0.25) is 5.91 Å². The summed E-state index contributed by atoms with van der Waals surface area (Å²) in [4.78, 5) is 24.4. The van der Waals surface area contributed by atoms with Gasteiger partial charge in [-0.15, -0.1) is 0 Å². The van der Waals surface area contributed by atoms with Gasteiger partial charge in [0.1, 0.15) is 11.5 Å². The van der Waals surface area contributed by atoms with Gasteiger partial charge in [0, 0.05) is 19.7 Å². The van der Waals surface area contributed by atoms with Crippen LogP contribution in [0.15, 0.2) is 6.07 Å². The van der Waals surface area contributed by atoms with E-state index in [4.69, 9.17) is 5.73 Å². The summed E-state index contributed by atoms with van der Waals surface area (Å²) in [6.07, 6.45) is 0. The third kappa shape index (κ3) is 2.97. The van der Waals surface area contributed by atoms with E-state index in [1.165, 1.54) is 11.0 Å². The zero-order valence-corrected chi connectivity index (χ0v) is 9.28. The lowest BCUT2D eigenvalue weighted by Gasteiger charge is -2.14. The van der Waals surface area contributed by atoms with Crippen LogP contribution in [-0.4, -0.2) is 47.0 Å². The molecule has 7 nitrogen and oxygen atoms in total. The fourth-order valence-electron chi connectivity index (χ4n) is 1.02. The van der Waals surface area contributed by atoms with Crippen LogP contribution >= 0.6 is 0 Å². The molecule has 0 saturated heterocycles. The van der Waals surface area contributed by atoms with Gasteiger partial charge in [-0.05, 0) is 6.92 Å². The molecule has 0 aliphatic heterocycles. The summed E-state index contributed by atoms with van der Waals surface area (Å²) in [6.45, 7) is 2.42. The van der Waals surface area contributed by atoms with Crippen LogP contribution in [0.25, 0.3) is 0 Å². The summed E-state index contributed by atoms with van der Waals surface area (Å²) < 4.78 is 0. The largest absolute Gasteiger partial charge is 0.382 e. The van der Waals surface area contributed by atoms with E-state index >= 15 is 0 Å². The Morgan fingerprint density at radius 2 is 2.31 bits per heavy atom. The molecule has 0 unspecified atom stereocenters. The zero-order valence-electron chi connectivity index (χ0n) is 9.28. The Balaban J connectivity index is 2.44. The first-order valence-corrected chi connectivity index (χ1v) is 4.87. The van der Waals surface area contributed by atoms with Gasteiger partial charge in [-0.1, -0.05) is 0 Å². The Labute approximate surface area is 93.0 Å². The SMILES string of the molecule is CCN(C)C(=O)CNC(=O)c1cc(N)n[nH]1. The van der Waals surface area contributed by atoms with Crippen molar-refractivity contribution in [2.75, 3.05) is 25.9 Å². The molecule has 0 aromatic carbocycles. The van der Waals surface area contributed by atoms with Crippen molar-refractivity contribution in [1.29, 1.82) is 0 Å². The molecule has 1 aromatic rings. The molecule has 7 heteroatoms. The molecule has 0 aliphatic carbocycles. The Morgan fingerprint density at radius 3 is 2.81 bits per heavy atom. The lowest BCUT2D eigenvalue weighted by Crippen LogP contribution is -2.38. The van der Waals surface area contributed by atoms with E-state index in [9.17, 15) is 9.59 Å². The van der Waals surface area contributed by atoms with Crippen LogP contribution < -0.4 is 11.1 Å². The number of rotatable bonds is 4. The number of amides is 2. The molecule has 1 rings (SSSR count). The monoisotopic (exact) mass is 225 g/mol. The fraction of sp³-hybridized carbons (Fsp3) is 0.444. The topological polar surface area (TPSA) is 104 Å². The number of hydrogen-bond donors (Lipinski definition) is 3. The van der Waals surface area contributed by atoms with E-state index in [1.54, 1.807) is 7.05 Å². The number of nitrogen functional groups attached to an aromatic ring is 1. The molecule has 88 valence electrons. The number of likely N-dealkylation sites (N-methyl/N-ethyl adjacent to an activating group) is 1.